The van der Waals surface area contributed by atoms with Gasteiger partial charge in [-0.3, -0.25) is 4.79 Å². The largest absolute Gasteiger partial charge is 0.487 e. The molecule has 1 saturated carbocycles. The molecule has 5 rings (SSSR count). The zero-order chi connectivity index (χ0) is 29.1. The molecule has 2 aliphatic heterocycles. The summed E-state index contributed by atoms with van der Waals surface area (Å²) in [4.78, 5) is 15.5. The van der Waals surface area contributed by atoms with Gasteiger partial charge < -0.3 is 19.5 Å². The van der Waals surface area contributed by atoms with Crippen LogP contribution in [0.25, 0.3) is 0 Å². The number of aliphatic hydroxyl groups excluding tert-OH is 1. The van der Waals surface area contributed by atoms with Gasteiger partial charge in [0.25, 0.3) is 5.91 Å². The average molecular weight is 603 g/mol. The Bertz CT molecular complexity index is 1400. The third-order valence-corrected chi connectivity index (χ3v) is 10.8. The zero-order valence-electron chi connectivity index (χ0n) is 23.6. The van der Waals surface area contributed by atoms with Crippen molar-refractivity contribution in [2.24, 2.45) is 11.8 Å². The maximum absolute atomic E-state index is 13.3. The van der Waals surface area contributed by atoms with E-state index in [2.05, 4.69) is 9.62 Å². The maximum atomic E-state index is 13.3. The Hall–Kier alpha value is -2.59. The lowest BCUT2D eigenvalue weighted by Gasteiger charge is -2.42. The van der Waals surface area contributed by atoms with Crippen LogP contribution in [-0.2, 0) is 27.8 Å². The molecule has 1 aliphatic carbocycles. The Morgan fingerprint density at radius 3 is 2.71 bits per heavy atom. The van der Waals surface area contributed by atoms with Gasteiger partial charge in [0, 0.05) is 30.8 Å². The molecule has 5 atom stereocenters. The van der Waals surface area contributed by atoms with Gasteiger partial charge in [0.2, 0.25) is 10.0 Å². The minimum Gasteiger partial charge on any atom is -0.487 e. The van der Waals surface area contributed by atoms with Gasteiger partial charge in [0.1, 0.15) is 17.6 Å². The number of hydrogen-bond donors (Lipinski definition) is 2. The van der Waals surface area contributed by atoms with E-state index in [4.69, 9.17) is 21.1 Å². The van der Waals surface area contributed by atoms with Gasteiger partial charge >= 0.3 is 0 Å². The number of methoxy groups -OCH3 is 1. The van der Waals surface area contributed by atoms with Gasteiger partial charge in [0.15, 0.2) is 0 Å². The smallest absolute Gasteiger partial charge is 0.264 e. The second-order valence-electron chi connectivity index (χ2n) is 11.4. The highest BCUT2D eigenvalue weighted by molar-refractivity contribution is 7.90. The lowest BCUT2D eigenvalue weighted by atomic mass is 9.70. The van der Waals surface area contributed by atoms with Crippen LogP contribution < -0.4 is 14.4 Å². The summed E-state index contributed by atoms with van der Waals surface area (Å²) >= 11 is 6.29. The summed E-state index contributed by atoms with van der Waals surface area (Å²) in [5.41, 5.74) is 3.21. The maximum Gasteiger partial charge on any atom is 0.264 e. The Kier molecular flexibility index (Phi) is 9.28. The van der Waals surface area contributed by atoms with Crippen LogP contribution >= 0.6 is 11.6 Å². The SMILES string of the molecule is CO[C@@H]1C/C=C/[C@H](O)[C@@H]2CC[C@H]2CN2CCCCc3cc(Cl)ccc3COc3ccc(cc32)C(=O)NS(=O)(=O)[C@@H]1C. The topological polar surface area (TPSA) is 105 Å². The Morgan fingerprint density at radius 2 is 1.95 bits per heavy atom. The number of rotatable bonds is 1. The van der Waals surface area contributed by atoms with Crippen molar-refractivity contribution in [3.63, 3.8) is 0 Å². The molecule has 2 N–H and O–H groups in total. The number of nitrogens with zero attached hydrogens (tertiary/aromatic N) is 1. The van der Waals surface area contributed by atoms with E-state index in [0.29, 0.717) is 30.3 Å². The molecule has 0 aromatic heterocycles. The van der Waals surface area contributed by atoms with E-state index in [9.17, 15) is 18.3 Å². The quantitative estimate of drug-likeness (QED) is 0.449. The van der Waals surface area contributed by atoms with Crippen LogP contribution in [0.5, 0.6) is 5.75 Å². The first-order valence-corrected chi connectivity index (χ1v) is 16.3. The highest BCUT2D eigenvalue weighted by atomic mass is 35.5. The van der Waals surface area contributed by atoms with Gasteiger partial charge in [-0.1, -0.05) is 29.8 Å². The van der Waals surface area contributed by atoms with Crippen LogP contribution in [-0.4, -0.2) is 57.1 Å². The summed E-state index contributed by atoms with van der Waals surface area (Å²) in [6.07, 6.45) is 7.21. The Labute approximate surface area is 247 Å². The fourth-order valence-corrected chi connectivity index (χ4v) is 7.47. The van der Waals surface area contributed by atoms with Crippen LogP contribution in [0.4, 0.5) is 5.69 Å². The van der Waals surface area contributed by atoms with Crippen molar-refractivity contribution in [1.29, 1.82) is 0 Å². The van der Waals surface area contributed by atoms with Crippen LogP contribution in [0.1, 0.15) is 60.5 Å². The molecule has 222 valence electrons. The number of hydrogen-bond acceptors (Lipinski definition) is 7. The molecular formula is C31H39ClN2O6S. The molecule has 0 unspecified atom stereocenters. The molecule has 0 radical (unpaired) electrons. The van der Waals surface area contributed by atoms with Crippen LogP contribution in [0.3, 0.4) is 0 Å². The second kappa shape index (κ2) is 12.7. The molecule has 10 heteroatoms. The number of amides is 1. The van der Waals surface area contributed by atoms with Crippen LogP contribution in [0, 0.1) is 11.8 Å². The fourth-order valence-electron chi connectivity index (χ4n) is 6.09. The summed E-state index contributed by atoms with van der Waals surface area (Å²) in [6.45, 7) is 3.30. The number of carbonyl (C=O) groups is 1. The summed E-state index contributed by atoms with van der Waals surface area (Å²) in [6, 6.07) is 10.9. The fraction of sp³-hybridized carbons (Fsp3) is 0.516. The van der Waals surface area contributed by atoms with Crippen molar-refractivity contribution in [3.8, 4) is 5.75 Å². The number of carbonyl (C=O) groups excluding carboxylic acids is 1. The number of sulfonamides is 1. The van der Waals surface area contributed by atoms with Gasteiger partial charge in [-0.05, 0) is 98.7 Å². The van der Waals surface area contributed by atoms with E-state index in [1.807, 2.05) is 18.2 Å². The minimum absolute atomic E-state index is 0.0988. The summed E-state index contributed by atoms with van der Waals surface area (Å²) in [5, 5.41) is 10.7. The van der Waals surface area contributed by atoms with E-state index >= 15 is 0 Å². The normalized spacial score (nSPS) is 29.4. The number of benzene rings is 2. The molecule has 0 spiro atoms. The van der Waals surface area contributed by atoms with E-state index in [1.54, 1.807) is 30.4 Å². The van der Waals surface area contributed by atoms with Gasteiger partial charge in [-0.2, -0.15) is 0 Å². The van der Waals surface area contributed by atoms with Gasteiger partial charge in [0.05, 0.1) is 17.9 Å². The highest BCUT2D eigenvalue weighted by Gasteiger charge is 2.37. The predicted molar refractivity (Wildman–Crippen MR) is 160 cm³/mol. The average Bonchev–Trinajstić information content (AvgIpc) is 2.95. The molecule has 0 saturated heterocycles. The number of fused-ring (bicyclic) bond motifs is 3. The number of aryl methyl sites for hydroxylation is 1. The first-order valence-electron chi connectivity index (χ1n) is 14.4. The minimum atomic E-state index is -4.05. The first kappa shape index (κ1) is 29.9. The highest BCUT2D eigenvalue weighted by Crippen LogP contribution is 2.41. The second-order valence-corrected chi connectivity index (χ2v) is 13.9. The van der Waals surface area contributed by atoms with Crippen molar-refractivity contribution in [1.82, 2.24) is 4.72 Å². The summed E-state index contributed by atoms with van der Waals surface area (Å²) in [7, 11) is -2.60. The van der Waals surface area contributed by atoms with E-state index in [0.717, 1.165) is 55.5 Å². The molecule has 8 nitrogen and oxygen atoms in total. The summed E-state index contributed by atoms with van der Waals surface area (Å²) < 4.78 is 40.4. The Morgan fingerprint density at radius 1 is 1.12 bits per heavy atom. The molecule has 2 heterocycles. The van der Waals surface area contributed by atoms with E-state index < -0.39 is 33.4 Å². The molecule has 3 aliphatic rings. The van der Waals surface area contributed by atoms with Crippen LogP contribution in [0.2, 0.25) is 5.02 Å². The number of aliphatic hydroxyl groups is 1. The van der Waals surface area contributed by atoms with Crippen molar-refractivity contribution < 1.29 is 27.8 Å². The summed E-state index contributed by atoms with van der Waals surface area (Å²) in [5.74, 6) is 0.300. The molecule has 2 aromatic carbocycles. The molecule has 2 bridgehead atoms. The molecule has 41 heavy (non-hydrogen) atoms. The first-order chi connectivity index (χ1) is 19.7. The van der Waals surface area contributed by atoms with Gasteiger partial charge in [-0.25, -0.2) is 13.1 Å². The molecular weight excluding hydrogens is 564 g/mol. The lowest BCUT2D eigenvalue weighted by Crippen LogP contribution is -2.44. The van der Waals surface area contributed by atoms with Crippen molar-refractivity contribution >= 4 is 33.2 Å². The molecule has 1 amide bonds. The molecule has 2 aromatic rings. The standard InChI is InChI=1S/C31H39ClN2O6S/c1-20-29(39-2)8-5-7-28(35)26-13-10-23(26)18-34-15-4-3-6-21-16-25(32)12-9-24(21)19-40-30-14-11-22(17-27(30)34)31(36)33-41(20,37)38/h5,7,9,11-12,14,16-17,20,23,26,28-29,35H,3-4,6,8,10,13,15,18-19H2,1-2H3,(H,33,36)/b7-5+/t20-,23+,26-,28+,29-/m1/s1. The third-order valence-electron chi connectivity index (χ3n) is 8.86. The Balaban J connectivity index is 1.54. The zero-order valence-corrected chi connectivity index (χ0v) is 25.2. The lowest BCUT2D eigenvalue weighted by molar-refractivity contribution is 0.0457. The third kappa shape index (κ3) is 6.74. The van der Waals surface area contributed by atoms with E-state index in [-0.39, 0.29) is 17.4 Å². The van der Waals surface area contributed by atoms with E-state index in [1.165, 1.54) is 14.0 Å². The number of halogens is 1. The van der Waals surface area contributed by atoms with Crippen molar-refractivity contribution in [2.75, 3.05) is 25.1 Å². The monoisotopic (exact) mass is 602 g/mol. The van der Waals surface area contributed by atoms with Crippen LogP contribution in [0.15, 0.2) is 48.6 Å². The number of ether oxygens (including phenoxy) is 2. The number of nitrogens with one attached hydrogen (secondary N) is 1. The predicted octanol–water partition coefficient (Wildman–Crippen LogP) is 4.87. The van der Waals surface area contributed by atoms with Crippen molar-refractivity contribution in [2.45, 2.75) is 69.5 Å². The van der Waals surface area contributed by atoms with Gasteiger partial charge in [-0.15, -0.1) is 0 Å². The molecule has 1 fully saturated rings. The number of anilines is 1. The van der Waals surface area contributed by atoms with Crippen molar-refractivity contribution in [3.05, 3.63) is 70.3 Å².